The lowest BCUT2D eigenvalue weighted by Gasteiger charge is -2.43. The highest BCUT2D eigenvalue weighted by molar-refractivity contribution is 6.00. The monoisotopic (exact) mass is 684 g/mol. The Kier molecular flexibility index (Phi) is 14.8. The minimum absolute atomic E-state index is 0.0509. The van der Waals surface area contributed by atoms with Crippen molar-refractivity contribution in [1.29, 1.82) is 0 Å². The number of Topliss-reactive ketones (excluding diaryl/α,β-unsaturated/α-hetero) is 3. The molecule has 1 spiro atoms. The Labute approximate surface area is 289 Å². The van der Waals surface area contributed by atoms with Crippen molar-refractivity contribution in [1.82, 2.24) is 9.80 Å². The SMILES string of the molecule is CC(=O)c1ccccc1O.CC(C)(C)OC(=O)N1CCC(=O)CC1.CC(C)(C)OC(=O)N1CCC2(CC1)CC(=O)c1ccccc1O2.CO. The quantitative estimate of drug-likeness (QED) is 0.331. The second-order valence-electron chi connectivity index (χ2n) is 13.9. The van der Waals surface area contributed by atoms with Crippen molar-refractivity contribution in [3.05, 3.63) is 59.7 Å². The summed E-state index contributed by atoms with van der Waals surface area (Å²) < 4.78 is 16.8. The number of likely N-dealkylation sites (tertiary alicyclic amines) is 2. The number of hydrogen-bond acceptors (Lipinski definition) is 10. The summed E-state index contributed by atoms with van der Waals surface area (Å²) in [6, 6.07) is 13.9. The van der Waals surface area contributed by atoms with E-state index >= 15 is 0 Å². The minimum Gasteiger partial charge on any atom is -0.507 e. The number of nitrogens with zero attached hydrogens (tertiary/aromatic N) is 2. The highest BCUT2D eigenvalue weighted by Gasteiger charge is 2.44. The van der Waals surface area contributed by atoms with Gasteiger partial charge >= 0.3 is 12.2 Å². The van der Waals surface area contributed by atoms with Gasteiger partial charge in [0.2, 0.25) is 0 Å². The van der Waals surface area contributed by atoms with Gasteiger partial charge in [-0.15, -0.1) is 0 Å². The molecule has 0 radical (unpaired) electrons. The second kappa shape index (κ2) is 17.8. The molecule has 2 fully saturated rings. The van der Waals surface area contributed by atoms with E-state index in [1.54, 1.807) is 34.1 Å². The number of para-hydroxylation sites is 2. The molecule has 12 heteroatoms. The van der Waals surface area contributed by atoms with Gasteiger partial charge in [-0.2, -0.15) is 0 Å². The van der Waals surface area contributed by atoms with Crippen LogP contribution in [-0.4, -0.2) is 99.6 Å². The van der Waals surface area contributed by atoms with Gasteiger partial charge in [0.25, 0.3) is 0 Å². The highest BCUT2D eigenvalue weighted by atomic mass is 16.6. The maximum absolute atomic E-state index is 12.4. The Balaban J connectivity index is 0.000000273. The summed E-state index contributed by atoms with van der Waals surface area (Å²) in [4.78, 5) is 61.0. The first-order chi connectivity index (χ1) is 22.9. The van der Waals surface area contributed by atoms with Crippen LogP contribution < -0.4 is 4.74 Å². The summed E-state index contributed by atoms with van der Waals surface area (Å²) in [6.07, 6.45) is 1.98. The van der Waals surface area contributed by atoms with E-state index in [4.69, 9.17) is 24.4 Å². The number of fused-ring (bicyclic) bond motifs is 1. The molecule has 2 saturated heterocycles. The molecule has 2 amide bonds. The van der Waals surface area contributed by atoms with E-state index in [-0.39, 0.29) is 35.3 Å². The Bertz CT molecular complexity index is 1440. The number of benzene rings is 2. The summed E-state index contributed by atoms with van der Waals surface area (Å²) in [7, 11) is 1.00. The molecule has 0 unspecified atom stereocenters. The number of ether oxygens (including phenoxy) is 3. The second-order valence-corrected chi connectivity index (χ2v) is 13.9. The number of phenolic OH excluding ortho intramolecular Hbond substituents is 1. The summed E-state index contributed by atoms with van der Waals surface area (Å²) in [5, 5.41) is 16.1. The van der Waals surface area contributed by atoms with Crippen LogP contribution in [0.25, 0.3) is 0 Å². The van der Waals surface area contributed by atoms with Crippen molar-refractivity contribution in [3.8, 4) is 11.5 Å². The molecule has 3 aliphatic heterocycles. The standard InChI is InChI=1S/C18H23NO4.C10H17NO3.C8H8O2.CH4O/c1-17(2,3)23-16(21)19-10-8-18(9-11-19)12-14(20)13-6-4-5-7-15(13)22-18;1-10(2,3)14-9(13)11-6-4-8(12)5-7-11;1-6(9)7-4-2-3-5-8(7)10;1-2/h4-7H,8-12H2,1-3H3;4-7H2,1-3H3;2-5,10H,1H3;2H,1H3. The lowest BCUT2D eigenvalue weighted by atomic mass is 9.82. The first-order valence-electron chi connectivity index (χ1n) is 16.4. The molecule has 270 valence electrons. The fourth-order valence-electron chi connectivity index (χ4n) is 5.18. The van der Waals surface area contributed by atoms with E-state index in [1.807, 2.05) is 59.7 Å². The third-order valence-corrected chi connectivity index (χ3v) is 7.58. The van der Waals surface area contributed by atoms with E-state index in [0.29, 0.717) is 75.2 Å². The fraction of sp³-hybridized carbons (Fsp3) is 0.541. The van der Waals surface area contributed by atoms with Crippen molar-refractivity contribution in [3.63, 3.8) is 0 Å². The largest absolute Gasteiger partial charge is 0.507 e. The molecule has 2 aromatic carbocycles. The van der Waals surface area contributed by atoms with Crippen LogP contribution in [0, 0.1) is 0 Å². The molecule has 0 bridgehead atoms. The number of amides is 2. The highest BCUT2D eigenvalue weighted by Crippen LogP contribution is 2.39. The predicted molar refractivity (Wildman–Crippen MR) is 184 cm³/mol. The van der Waals surface area contributed by atoms with Crippen molar-refractivity contribution >= 4 is 29.5 Å². The predicted octanol–water partition coefficient (Wildman–Crippen LogP) is 6.21. The molecule has 0 aromatic heterocycles. The number of phenols is 1. The van der Waals surface area contributed by atoms with Gasteiger partial charge in [0.1, 0.15) is 34.1 Å². The summed E-state index contributed by atoms with van der Waals surface area (Å²) >= 11 is 0. The van der Waals surface area contributed by atoms with Crippen LogP contribution in [-0.2, 0) is 14.3 Å². The summed E-state index contributed by atoms with van der Waals surface area (Å²) in [5.41, 5.74) is -0.402. The topological polar surface area (TPSA) is 160 Å². The number of aliphatic hydroxyl groups is 1. The van der Waals surface area contributed by atoms with E-state index < -0.39 is 16.8 Å². The number of aliphatic hydroxyl groups excluding tert-OH is 1. The molecule has 0 aliphatic carbocycles. The number of aromatic hydroxyl groups is 1. The third kappa shape index (κ3) is 13.2. The molecule has 5 rings (SSSR count). The Morgan fingerprint density at radius 1 is 0.755 bits per heavy atom. The Morgan fingerprint density at radius 2 is 1.22 bits per heavy atom. The zero-order chi connectivity index (χ0) is 37.0. The van der Waals surface area contributed by atoms with Gasteiger partial charge in [-0.25, -0.2) is 9.59 Å². The van der Waals surface area contributed by atoms with Crippen molar-refractivity contribution in [2.24, 2.45) is 0 Å². The molecular formula is C37H52N2O10. The first kappa shape index (κ1) is 40.7. The van der Waals surface area contributed by atoms with Crippen molar-refractivity contribution < 1.29 is 48.4 Å². The van der Waals surface area contributed by atoms with Crippen LogP contribution in [0.3, 0.4) is 0 Å². The molecule has 3 aliphatic rings. The summed E-state index contributed by atoms with van der Waals surface area (Å²) in [6.45, 7) is 14.6. The fourth-order valence-corrected chi connectivity index (χ4v) is 5.18. The van der Waals surface area contributed by atoms with Gasteiger partial charge in [-0.05, 0) is 72.7 Å². The zero-order valence-electron chi connectivity index (χ0n) is 30.0. The van der Waals surface area contributed by atoms with Crippen LogP contribution in [0.2, 0.25) is 0 Å². The average molecular weight is 685 g/mol. The molecule has 3 heterocycles. The van der Waals surface area contributed by atoms with E-state index in [1.165, 1.54) is 13.0 Å². The van der Waals surface area contributed by atoms with E-state index in [9.17, 15) is 24.0 Å². The number of carbonyl (C=O) groups is 5. The number of carbonyl (C=O) groups excluding carboxylic acids is 5. The maximum atomic E-state index is 12.4. The molecule has 49 heavy (non-hydrogen) atoms. The van der Waals surface area contributed by atoms with Gasteiger partial charge in [0.05, 0.1) is 17.5 Å². The Morgan fingerprint density at radius 3 is 1.69 bits per heavy atom. The normalized spacial score (nSPS) is 16.6. The van der Waals surface area contributed by atoms with Crippen molar-refractivity contribution in [2.45, 2.75) is 97.4 Å². The minimum atomic E-state index is -0.498. The molecule has 2 aromatic rings. The molecule has 0 atom stereocenters. The summed E-state index contributed by atoms with van der Waals surface area (Å²) in [5.74, 6) is 0.949. The van der Waals surface area contributed by atoms with Crippen LogP contribution >= 0.6 is 0 Å². The molecule has 2 N–H and O–H groups in total. The van der Waals surface area contributed by atoms with Gasteiger partial charge in [-0.3, -0.25) is 14.4 Å². The van der Waals surface area contributed by atoms with Gasteiger partial charge < -0.3 is 34.2 Å². The van der Waals surface area contributed by atoms with Crippen molar-refractivity contribution in [2.75, 3.05) is 33.3 Å². The Hall–Kier alpha value is -4.45. The van der Waals surface area contributed by atoms with Crippen LogP contribution in [0.1, 0.15) is 101 Å². The van der Waals surface area contributed by atoms with E-state index in [2.05, 4.69) is 0 Å². The van der Waals surface area contributed by atoms with Crippen LogP contribution in [0.5, 0.6) is 11.5 Å². The maximum Gasteiger partial charge on any atom is 0.410 e. The smallest absolute Gasteiger partial charge is 0.410 e. The number of rotatable bonds is 1. The zero-order valence-corrected chi connectivity index (χ0v) is 30.0. The van der Waals surface area contributed by atoms with E-state index in [0.717, 1.165) is 7.11 Å². The number of ketones is 3. The van der Waals surface area contributed by atoms with Crippen LogP contribution in [0.4, 0.5) is 9.59 Å². The van der Waals surface area contributed by atoms with Gasteiger partial charge in [0.15, 0.2) is 11.6 Å². The third-order valence-electron chi connectivity index (χ3n) is 7.58. The van der Waals surface area contributed by atoms with Gasteiger partial charge in [-0.1, -0.05) is 24.3 Å². The average Bonchev–Trinajstić information content (AvgIpc) is 3.02. The number of piperidine rings is 2. The first-order valence-corrected chi connectivity index (χ1v) is 16.4. The lowest BCUT2D eigenvalue weighted by Crippen LogP contribution is -2.52. The van der Waals surface area contributed by atoms with Crippen LogP contribution in [0.15, 0.2) is 48.5 Å². The molecule has 0 saturated carbocycles. The lowest BCUT2D eigenvalue weighted by molar-refractivity contribution is -0.121. The number of hydrogen-bond donors (Lipinski definition) is 2. The van der Waals surface area contributed by atoms with Gasteiger partial charge in [0, 0.05) is 59.0 Å². The molecular weight excluding hydrogens is 632 g/mol. The molecule has 12 nitrogen and oxygen atoms in total.